The third-order valence-electron chi connectivity index (χ3n) is 2.16. The summed E-state index contributed by atoms with van der Waals surface area (Å²) >= 11 is 7.68. The zero-order chi connectivity index (χ0) is 9.10. The second-order valence-corrected chi connectivity index (χ2v) is 4.46. The molecule has 1 unspecified atom stereocenters. The van der Waals surface area contributed by atoms with Gasteiger partial charge in [0, 0.05) is 5.75 Å². The van der Waals surface area contributed by atoms with Crippen molar-refractivity contribution in [1.29, 1.82) is 0 Å². The van der Waals surface area contributed by atoms with Crippen LogP contribution in [-0.4, -0.2) is 31.7 Å². The van der Waals surface area contributed by atoms with Crippen molar-refractivity contribution in [1.82, 2.24) is 20.2 Å². The minimum absolute atomic E-state index is 0.397. The Morgan fingerprint density at radius 3 is 3.23 bits per heavy atom. The quantitative estimate of drug-likeness (QED) is 0.706. The van der Waals surface area contributed by atoms with Crippen molar-refractivity contribution in [2.24, 2.45) is 0 Å². The van der Waals surface area contributed by atoms with Crippen LogP contribution in [0.5, 0.6) is 0 Å². The van der Waals surface area contributed by atoms with E-state index in [0.29, 0.717) is 11.9 Å². The summed E-state index contributed by atoms with van der Waals surface area (Å²) in [6.07, 6.45) is 2.42. The Labute approximate surface area is 86.0 Å². The van der Waals surface area contributed by atoms with Gasteiger partial charge >= 0.3 is 0 Å². The molecule has 2 heterocycles. The highest BCUT2D eigenvalue weighted by Crippen LogP contribution is 2.26. The van der Waals surface area contributed by atoms with Crippen molar-refractivity contribution in [3.8, 4) is 0 Å². The van der Waals surface area contributed by atoms with E-state index < -0.39 is 0 Å². The lowest BCUT2D eigenvalue weighted by molar-refractivity contribution is 0.433. The predicted molar refractivity (Wildman–Crippen MR) is 53.0 cm³/mol. The fourth-order valence-corrected chi connectivity index (χ4v) is 2.79. The van der Waals surface area contributed by atoms with Crippen molar-refractivity contribution in [3.05, 3.63) is 5.82 Å². The van der Waals surface area contributed by atoms with E-state index in [1.807, 2.05) is 16.4 Å². The Morgan fingerprint density at radius 1 is 1.62 bits per heavy atom. The summed E-state index contributed by atoms with van der Waals surface area (Å²) < 4.78 is 1.87. The molecule has 0 spiro atoms. The predicted octanol–water partition coefficient (Wildman–Crippen LogP) is 1.48. The van der Waals surface area contributed by atoms with Crippen molar-refractivity contribution >= 4 is 23.4 Å². The Hall–Kier alpha value is -0.290. The molecule has 13 heavy (non-hydrogen) atoms. The maximum atomic E-state index is 5.72. The Kier molecular flexibility index (Phi) is 3.05. The maximum Gasteiger partial charge on any atom is 0.166 e. The van der Waals surface area contributed by atoms with E-state index in [-0.39, 0.29) is 0 Å². The molecule has 1 aromatic heterocycles. The molecule has 6 heteroatoms. The first-order valence-electron chi connectivity index (χ1n) is 4.32. The number of thioether (sulfide) groups is 1. The molecule has 2 rings (SSSR count). The SMILES string of the molecule is ClCc1nnnn1C1CCCSC1. The van der Waals surface area contributed by atoms with Crippen LogP contribution in [0.3, 0.4) is 0 Å². The zero-order valence-electron chi connectivity index (χ0n) is 7.19. The van der Waals surface area contributed by atoms with Gasteiger partial charge in [-0.2, -0.15) is 11.8 Å². The number of hydrogen-bond acceptors (Lipinski definition) is 4. The van der Waals surface area contributed by atoms with E-state index in [1.54, 1.807) is 0 Å². The minimum atomic E-state index is 0.397. The zero-order valence-corrected chi connectivity index (χ0v) is 8.76. The molecule has 0 bridgehead atoms. The van der Waals surface area contributed by atoms with Crippen LogP contribution in [0.25, 0.3) is 0 Å². The number of nitrogens with zero attached hydrogens (tertiary/aromatic N) is 4. The van der Waals surface area contributed by atoms with Crippen molar-refractivity contribution in [3.63, 3.8) is 0 Å². The van der Waals surface area contributed by atoms with Gasteiger partial charge in [0.15, 0.2) is 5.82 Å². The molecule has 1 aromatic rings. The molecule has 1 aliphatic heterocycles. The van der Waals surface area contributed by atoms with Crippen LogP contribution >= 0.6 is 23.4 Å². The van der Waals surface area contributed by atoms with Gasteiger partial charge in [0.2, 0.25) is 0 Å². The molecule has 1 saturated heterocycles. The summed E-state index contributed by atoms with van der Waals surface area (Å²) in [5.74, 6) is 3.55. The summed E-state index contributed by atoms with van der Waals surface area (Å²) in [5, 5.41) is 11.5. The summed E-state index contributed by atoms with van der Waals surface area (Å²) in [6.45, 7) is 0. The standard InChI is InChI=1S/C7H11ClN4S/c8-4-7-9-10-11-12(7)6-2-1-3-13-5-6/h6H,1-5H2. The van der Waals surface area contributed by atoms with Gasteiger partial charge in [0.1, 0.15) is 0 Å². The number of tetrazole rings is 1. The van der Waals surface area contributed by atoms with Crippen LogP contribution in [0.2, 0.25) is 0 Å². The van der Waals surface area contributed by atoms with E-state index >= 15 is 0 Å². The third-order valence-corrected chi connectivity index (χ3v) is 3.60. The minimum Gasteiger partial charge on any atom is -0.224 e. The first kappa shape index (κ1) is 9.27. The van der Waals surface area contributed by atoms with Gasteiger partial charge in [-0.1, -0.05) is 0 Å². The van der Waals surface area contributed by atoms with Gasteiger partial charge < -0.3 is 0 Å². The maximum absolute atomic E-state index is 5.72. The van der Waals surface area contributed by atoms with Crippen LogP contribution in [0.1, 0.15) is 24.7 Å². The summed E-state index contributed by atoms with van der Waals surface area (Å²) in [7, 11) is 0. The van der Waals surface area contributed by atoms with Crippen LogP contribution < -0.4 is 0 Å². The largest absolute Gasteiger partial charge is 0.224 e. The van der Waals surface area contributed by atoms with E-state index in [2.05, 4.69) is 15.5 Å². The second kappa shape index (κ2) is 4.28. The van der Waals surface area contributed by atoms with Gasteiger partial charge in [-0.05, 0) is 29.0 Å². The Bertz CT molecular complexity index is 271. The Balaban J connectivity index is 2.13. The van der Waals surface area contributed by atoms with Gasteiger partial charge in [-0.25, -0.2) is 4.68 Å². The van der Waals surface area contributed by atoms with Crippen molar-refractivity contribution in [2.75, 3.05) is 11.5 Å². The summed E-state index contributed by atoms with van der Waals surface area (Å²) in [6, 6.07) is 0.447. The smallest absolute Gasteiger partial charge is 0.166 e. The molecule has 0 aromatic carbocycles. The molecular weight excluding hydrogens is 208 g/mol. The van der Waals surface area contributed by atoms with E-state index in [4.69, 9.17) is 11.6 Å². The van der Waals surface area contributed by atoms with E-state index in [0.717, 1.165) is 11.6 Å². The Morgan fingerprint density at radius 2 is 2.54 bits per heavy atom. The lowest BCUT2D eigenvalue weighted by Crippen LogP contribution is -2.19. The van der Waals surface area contributed by atoms with Crippen LogP contribution in [-0.2, 0) is 5.88 Å². The molecule has 0 amide bonds. The molecule has 1 fully saturated rings. The van der Waals surface area contributed by atoms with Gasteiger partial charge in [-0.3, -0.25) is 0 Å². The first-order chi connectivity index (χ1) is 6.42. The molecule has 1 aliphatic rings. The second-order valence-electron chi connectivity index (χ2n) is 3.04. The van der Waals surface area contributed by atoms with Crippen LogP contribution in [0.15, 0.2) is 0 Å². The molecule has 0 radical (unpaired) electrons. The summed E-state index contributed by atoms with van der Waals surface area (Å²) in [5.41, 5.74) is 0. The number of rotatable bonds is 2. The average Bonchev–Trinajstić information content (AvgIpc) is 2.67. The number of alkyl halides is 1. The van der Waals surface area contributed by atoms with Gasteiger partial charge in [-0.15, -0.1) is 16.7 Å². The number of halogens is 1. The summed E-state index contributed by atoms with van der Waals surface area (Å²) in [4.78, 5) is 0. The van der Waals surface area contributed by atoms with E-state index in [9.17, 15) is 0 Å². The van der Waals surface area contributed by atoms with Gasteiger partial charge in [0.25, 0.3) is 0 Å². The lowest BCUT2D eigenvalue weighted by atomic mass is 10.2. The molecule has 0 aliphatic carbocycles. The topological polar surface area (TPSA) is 43.6 Å². The molecule has 1 atom stereocenters. The fourth-order valence-electron chi connectivity index (χ4n) is 1.50. The lowest BCUT2D eigenvalue weighted by Gasteiger charge is -2.21. The number of aromatic nitrogens is 4. The normalized spacial score (nSPS) is 23.3. The molecular formula is C7H11ClN4S. The first-order valence-corrected chi connectivity index (χ1v) is 6.01. The monoisotopic (exact) mass is 218 g/mol. The van der Waals surface area contributed by atoms with Gasteiger partial charge in [0.05, 0.1) is 11.9 Å². The van der Waals surface area contributed by atoms with E-state index in [1.165, 1.54) is 18.6 Å². The highest BCUT2D eigenvalue weighted by molar-refractivity contribution is 7.99. The van der Waals surface area contributed by atoms with Crippen LogP contribution in [0.4, 0.5) is 0 Å². The highest BCUT2D eigenvalue weighted by Gasteiger charge is 2.19. The van der Waals surface area contributed by atoms with Crippen LogP contribution in [0, 0.1) is 0 Å². The van der Waals surface area contributed by atoms with Crippen molar-refractivity contribution in [2.45, 2.75) is 24.8 Å². The average molecular weight is 219 g/mol. The molecule has 0 saturated carbocycles. The highest BCUT2D eigenvalue weighted by atomic mass is 35.5. The molecule has 4 nitrogen and oxygen atoms in total. The molecule has 72 valence electrons. The van der Waals surface area contributed by atoms with Crippen molar-refractivity contribution < 1.29 is 0 Å². The number of hydrogen-bond donors (Lipinski definition) is 0. The molecule has 0 N–H and O–H groups in total. The fraction of sp³-hybridized carbons (Fsp3) is 0.857. The third kappa shape index (κ3) is 1.96.